The van der Waals surface area contributed by atoms with Crippen LogP contribution in [0.1, 0.15) is 30.6 Å². The Balaban J connectivity index is 1.76. The van der Waals surface area contributed by atoms with Gasteiger partial charge in [0.05, 0.1) is 12.3 Å². The first-order valence-electron chi connectivity index (χ1n) is 7.50. The molecular weight excluding hydrogens is 318 g/mol. The number of benzene rings is 1. The third-order valence-electron chi connectivity index (χ3n) is 3.98. The molecule has 8 heteroatoms. The molecule has 0 unspecified atom stereocenters. The highest BCUT2D eigenvalue weighted by molar-refractivity contribution is 7.88. The van der Waals surface area contributed by atoms with Crippen LogP contribution in [0.5, 0.6) is 0 Å². The molecule has 1 aromatic heterocycles. The van der Waals surface area contributed by atoms with Crippen LogP contribution >= 0.6 is 0 Å². The fourth-order valence-corrected chi connectivity index (χ4v) is 4.21. The van der Waals surface area contributed by atoms with E-state index in [0.717, 1.165) is 0 Å². The van der Waals surface area contributed by atoms with Crippen molar-refractivity contribution in [1.82, 2.24) is 14.4 Å². The molecule has 2 heterocycles. The maximum absolute atomic E-state index is 12.5. The summed E-state index contributed by atoms with van der Waals surface area (Å²) >= 11 is 0. The lowest BCUT2D eigenvalue weighted by molar-refractivity contribution is 0.0194. The molecule has 1 fully saturated rings. The molecule has 1 atom stereocenters. The Morgan fingerprint density at radius 3 is 2.74 bits per heavy atom. The molecule has 1 aliphatic heterocycles. The fourth-order valence-electron chi connectivity index (χ4n) is 2.63. The SMILES string of the molecule is CCc1noc([C@@]2(O)CCN(S(=O)(=O)Cc3ccccc3)C2)n1. The molecule has 0 bridgehead atoms. The van der Waals surface area contributed by atoms with Gasteiger partial charge in [0.1, 0.15) is 0 Å². The number of hydrogen-bond donors (Lipinski definition) is 1. The summed E-state index contributed by atoms with van der Waals surface area (Å²) < 4.78 is 31.4. The molecule has 124 valence electrons. The summed E-state index contributed by atoms with van der Waals surface area (Å²) in [5.41, 5.74) is -0.696. The average molecular weight is 337 g/mol. The van der Waals surface area contributed by atoms with Gasteiger partial charge < -0.3 is 9.63 Å². The van der Waals surface area contributed by atoms with E-state index in [4.69, 9.17) is 4.52 Å². The highest BCUT2D eigenvalue weighted by atomic mass is 32.2. The molecule has 1 aliphatic rings. The van der Waals surface area contributed by atoms with Crippen molar-refractivity contribution in [3.63, 3.8) is 0 Å². The predicted molar refractivity (Wildman–Crippen MR) is 82.8 cm³/mol. The van der Waals surface area contributed by atoms with Crippen molar-refractivity contribution in [2.45, 2.75) is 31.1 Å². The minimum atomic E-state index is -3.51. The number of nitrogens with zero attached hydrogens (tertiary/aromatic N) is 3. The first-order valence-corrected chi connectivity index (χ1v) is 9.11. The van der Waals surface area contributed by atoms with Crippen LogP contribution in [0.15, 0.2) is 34.9 Å². The van der Waals surface area contributed by atoms with Gasteiger partial charge in [0, 0.05) is 19.4 Å². The Bertz CT molecular complexity index is 775. The lowest BCUT2D eigenvalue weighted by Gasteiger charge is -2.19. The van der Waals surface area contributed by atoms with Crippen LogP contribution in [0.4, 0.5) is 0 Å². The summed E-state index contributed by atoms with van der Waals surface area (Å²) in [5.74, 6) is 0.499. The number of hydrogen-bond acceptors (Lipinski definition) is 6. The second-order valence-corrected chi connectivity index (χ2v) is 7.70. The van der Waals surface area contributed by atoms with Gasteiger partial charge in [-0.25, -0.2) is 8.42 Å². The van der Waals surface area contributed by atoms with Gasteiger partial charge in [-0.05, 0) is 5.56 Å². The highest BCUT2D eigenvalue weighted by Gasteiger charge is 2.46. The number of β-amino-alcohol motifs (C(OH)–C–C–N with tert-alkyl or cyclic N) is 1. The first kappa shape index (κ1) is 16.1. The van der Waals surface area contributed by atoms with E-state index in [1.807, 2.05) is 13.0 Å². The molecule has 3 rings (SSSR count). The van der Waals surface area contributed by atoms with Crippen molar-refractivity contribution < 1.29 is 18.0 Å². The minimum Gasteiger partial charge on any atom is -0.379 e. The Morgan fingerprint density at radius 1 is 1.35 bits per heavy atom. The number of aromatic nitrogens is 2. The van der Waals surface area contributed by atoms with Gasteiger partial charge in [0.2, 0.25) is 10.0 Å². The van der Waals surface area contributed by atoms with Crippen molar-refractivity contribution in [2.75, 3.05) is 13.1 Å². The molecule has 0 aliphatic carbocycles. The van der Waals surface area contributed by atoms with Crippen LogP contribution in [-0.2, 0) is 27.8 Å². The molecule has 2 aromatic rings. The van der Waals surface area contributed by atoms with Gasteiger partial charge in [-0.2, -0.15) is 9.29 Å². The third kappa shape index (κ3) is 3.29. The zero-order valence-corrected chi connectivity index (χ0v) is 13.7. The van der Waals surface area contributed by atoms with Crippen LogP contribution in [0.2, 0.25) is 0 Å². The topological polar surface area (TPSA) is 96.5 Å². The predicted octanol–water partition coefficient (Wildman–Crippen LogP) is 1.06. The maximum Gasteiger partial charge on any atom is 0.260 e. The van der Waals surface area contributed by atoms with Crippen molar-refractivity contribution in [3.05, 3.63) is 47.6 Å². The summed E-state index contributed by atoms with van der Waals surface area (Å²) in [7, 11) is -3.51. The number of aliphatic hydroxyl groups is 1. The third-order valence-corrected chi connectivity index (χ3v) is 5.78. The van der Waals surface area contributed by atoms with Crippen LogP contribution in [-0.4, -0.2) is 41.1 Å². The fraction of sp³-hybridized carbons (Fsp3) is 0.467. The van der Waals surface area contributed by atoms with Crippen LogP contribution in [0, 0.1) is 0 Å². The average Bonchev–Trinajstić information content (AvgIpc) is 3.15. The van der Waals surface area contributed by atoms with Crippen molar-refractivity contribution in [2.24, 2.45) is 0 Å². The zero-order chi connectivity index (χ0) is 16.5. The standard InChI is InChI=1S/C15H19N3O4S/c1-2-13-16-14(22-17-13)15(19)8-9-18(11-15)23(20,21)10-12-6-4-3-5-7-12/h3-7,19H,2,8-11H2,1H3/t15-/m1/s1. The van der Waals surface area contributed by atoms with Gasteiger partial charge in [0.25, 0.3) is 5.89 Å². The molecule has 1 aromatic carbocycles. The molecular formula is C15H19N3O4S. The highest BCUT2D eigenvalue weighted by Crippen LogP contribution is 2.33. The first-order chi connectivity index (χ1) is 10.9. The Morgan fingerprint density at radius 2 is 2.09 bits per heavy atom. The smallest absolute Gasteiger partial charge is 0.260 e. The van der Waals surface area contributed by atoms with Crippen molar-refractivity contribution >= 4 is 10.0 Å². The normalized spacial score (nSPS) is 22.5. The second-order valence-electron chi connectivity index (χ2n) is 5.73. The van der Waals surface area contributed by atoms with Crippen LogP contribution in [0.3, 0.4) is 0 Å². The minimum absolute atomic E-state index is 0.0620. The molecule has 7 nitrogen and oxygen atoms in total. The molecule has 1 N–H and O–H groups in total. The molecule has 1 saturated heterocycles. The number of rotatable bonds is 5. The lowest BCUT2D eigenvalue weighted by Crippen LogP contribution is -2.35. The van der Waals surface area contributed by atoms with Gasteiger partial charge in [-0.15, -0.1) is 0 Å². The van der Waals surface area contributed by atoms with Gasteiger partial charge in [-0.1, -0.05) is 42.4 Å². The summed E-state index contributed by atoms with van der Waals surface area (Å²) in [4.78, 5) is 4.13. The quantitative estimate of drug-likeness (QED) is 0.876. The van der Waals surface area contributed by atoms with Crippen LogP contribution < -0.4 is 0 Å². The molecule has 23 heavy (non-hydrogen) atoms. The van der Waals surface area contributed by atoms with Crippen LogP contribution in [0.25, 0.3) is 0 Å². The summed E-state index contributed by atoms with van der Waals surface area (Å²) in [6.07, 6.45) is 0.835. The lowest BCUT2D eigenvalue weighted by atomic mass is 10.0. The number of aryl methyl sites for hydroxylation is 1. The molecule has 0 saturated carbocycles. The molecule has 0 spiro atoms. The number of sulfonamides is 1. The van der Waals surface area contributed by atoms with E-state index < -0.39 is 15.6 Å². The van der Waals surface area contributed by atoms with Gasteiger partial charge in [0.15, 0.2) is 11.4 Å². The zero-order valence-electron chi connectivity index (χ0n) is 12.8. The van der Waals surface area contributed by atoms with Crippen molar-refractivity contribution in [3.8, 4) is 0 Å². The van der Waals surface area contributed by atoms with Gasteiger partial charge in [-0.3, -0.25) is 0 Å². The summed E-state index contributed by atoms with van der Waals surface area (Å²) in [5, 5.41) is 14.4. The van der Waals surface area contributed by atoms with E-state index in [0.29, 0.717) is 17.8 Å². The monoisotopic (exact) mass is 337 g/mol. The van der Waals surface area contributed by atoms with E-state index in [2.05, 4.69) is 10.1 Å². The van der Waals surface area contributed by atoms with E-state index >= 15 is 0 Å². The molecule has 0 radical (unpaired) electrons. The van der Waals surface area contributed by atoms with E-state index in [9.17, 15) is 13.5 Å². The van der Waals surface area contributed by atoms with E-state index in [1.165, 1.54) is 4.31 Å². The Hall–Kier alpha value is -1.77. The van der Waals surface area contributed by atoms with Crippen molar-refractivity contribution in [1.29, 1.82) is 0 Å². The van der Waals surface area contributed by atoms with E-state index in [1.54, 1.807) is 24.3 Å². The Kier molecular flexibility index (Phi) is 4.22. The second kappa shape index (κ2) is 6.03. The van der Waals surface area contributed by atoms with E-state index in [-0.39, 0.29) is 31.2 Å². The molecule has 0 amide bonds. The summed E-state index contributed by atoms with van der Waals surface area (Å²) in [6.45, 7) is 2.05. The largest absolute Gasteiger partial charge is 0.379 e. The van der Waals surface area contributed by atoms with Gasteiger partial charge >= 0.3 is 0 Å². The maximum atomic E-state index is 12.5. The summed E-state index contributed by atoms with van der Waals surface area (Å²) in [6, 6.07) is 8.98. The Labute approximate surface area is 135 Å².